The fraction of sp³-hybridized carbons (Fsp3) is 0.562. The van der Waals surface area contributed by atoms with Gasteiger partial charge in [-0.25, -0.2) is 9.37 Å². The molecule has 1 fully saturated rings. The fourth-order valence-electron chi connectivity index (χ4n) is 3.14. The third-order valence-corrected chi connectivity index (χ3v) is 4.82. The van der Waals surface area contributed by atoms with Gasteiger partial charge in [0.15, 0.2) is 0 Å². The second-order valence-corrected chi connectivity index (χ2v) is 6.31. The van der Waals surface area contributed by atoms with Gasteiger partial charge in [-0.3, -0.25) is 14.6 Å². The molecule has 1 aromatic rings. The van der Waals surface area contributed by atoms with E-state index in [2.05, 4.69) is 10.1 Å². The van der Waals surface area contributed by atoms with E-state index in [1.54, 1.807) is 11.7 Å². The summed E-state index contributed by atoms with van der Waals surface area (Å²) in [5.41, 5.74) is 3.02. The summed E-state index contributed by atoms with van der Waals surface area (Å²) < 4.78 is 3.72. The number of carbonyl (C=O) groups is 2. The molecular formula is C16H23N6O2+. The Bertz CT molecular complexity index is 804. The van der Waals surface area contributed by atoms with Crippen molar-refractivity contribution >= 4 is 23.7 Å². The highest BCUT2D eigenvalue weighted by Gasteiger charge is 2.52. The predicted molar refractivity (Wildman–Crippen MR) is 89.4 cm³/mol. The molecule has 128 valence electrons. The number of aryl methyl sites for hydroxylation is 1. The van der Waals surface area contributed by atoms with Crippen molar-refractivity contribution in [2.45, 2.75) is 40.2 Å². The van der Waals surface area contributed by atoms with Crippen molar-refractivity contribution in [3.05, 3.63) is 17.0 Å². The van der Waals surface area contributed by atoms with E-state index in [-0.39, 0.29) is 11.9 Å². The SMILES string of the molecule is CCC[N+]1=C(n2nc(C)c(C)c2C)N=C2C1C(=O)N(C)C(=O)N2C. The lowest BCUT2D eigenvalue weighted by Crippen LogP contribution is -2.61. The Morgan fingerprint density at radius 2 is 1.79 bits per heavy atom. The molecule has 3 amide bonds. The monoisotopic (exact) mass is 331 g/mol. The van der Waals surface area contributed by atoms with Gasteiger partial charge in [-0.15, -0.1) is 9.78 Å². The molecule has 1 unspecified atom stereocenters. The van der Waals surface area contributed by atoms with Crippen molar-refractivity contribution in [2.75, 3.05) is 20.6 Å². The summed E-state index contributed by atoms with van der Waals surface area (Å²) in [7, 11) is 3.16. The highest BCUT2D eigenvalue weighted by Crippen LogP contribution is 2.21. The van der Waals surface area contributed by atoms with Gasteiger partial charge in [-0.2, -0.15) is 0 Å². The Morgan fingerprint density at radius 1 is 1.12 bits per heavy atom. The van der Waals surface area contributed by atoms with Crippen LogP contribution in [-0.4, -0.2) is 74.6 Å². The molecule has 2 aliphatic heterocycles. The first-order valence-electron chi connectivity index (χ1n) is 8.10. The molecule has 2 aliphatic rings. The van der Waals surface area contributed by atoms with E-state index in [4.69, 9.17) is 0 Å². The zero-order valence-electron chi connectivity index (χ0n) is 15.0. The number of carbonyl (C=O) groups excluding carboxylic acids is 2. The van der Waals surface area contributed by atoms with Crippen LogP contribution in [0, 0.1) is 20.8 Å². The zero-order chi connectivity index (χ0) is 17.8. The molecule has 3 heterocycles. The van der Waals surface area contributed by atoms with Crippen LogP contribution in [-0.2, 0) is 4.79 Å². The standard InChI is InChI=1S/C16H23N6O2/c1-7-8-21-12-13(19(5)16(24)20(6)14(12)23)17-15(21)22-11(4)9(2)10(3)18-22/h12H,7-8H2,1-6H3/q+1. The number of fused-ring (bicyclic) bond motifs is 1. The topological polar surface area (TPSA) is 73.8 Å². The maximum Gasteiger partial charge on any atom is 0.421 e. The van der Waals surface area contributed by atoms with Gasteiger partial charge in [0.2, 0.25) is 11.9 Å². The van der Waals surface area contributed by atoms with Gasteiger partial charge in [0.1, 0.15) is 5.69 Å². The molecule has 0 N–H and O–H groups in total. The van der Waals surface area contributed by atoms with E-state index >= 15 is 0 Å². The van der Waals surface area contributed by atoms with Gasteiger partial charge in [0.25, 0.3) is 5.91 Å². The number of aromatic nitrogens is 2. The van der Waals surface area contributed by atoms with Crippen LogP contribution in [0.2, 0.25) is 0 Å². The molecule has 0 bridgehead atoms. The van der Waals surface area contributed by atoms with E-state index in [1.165, 1.54) is 11.9 Å². The molecule has 8 heteroatoms. The third-order valence-electron chi connectivity index (χ3n) is 4.82. The lowest BCUT2D eigenvalue weighted by molar-refractivity contribution is -0.537. The smallest absolute Gasteiger partial charge is 0.270 e. The van der Waals surface area contributed by atoms with Gasteiger partial charge in [-0.05, 0) is 27.2 Å². The van der Waals surface area contributed by atoms with Crippen LogP contribution in [0.25, 0.3) is 0 Å². The largest absolute Gasteiger partial charge is 0.421 e. The number of amides is 3. The quantitative estimate of drug-likeness (QED) is 0.750. The molecular weight excluding hydrogens is 308 g/mol. The molecule has 0 radical (unpaired) electrons. The summed E-state index contributed by atoms with van der Waals surface area (Å²) in [6, 6.07) is -0.936. The van der Waals surface area contributed by atoms with Crippen molar-refractivity contribution < 1.29 is 14.2 Å². The van der Waals surface area contributed by atoms with Crippen molar-refractivity contribution in [1.82, 2.24) is 19.6 Å². The van der Waals surface area contributed by atoms with Crippen molar-refractivity contribution in [3.8, 4) is 0 Å². The Labute approximate surface area is 141 Å². The summed E-state index contributed by atoms with van der Waals surface area (Å²) in [6.07, 6.45) is 0.857. The highest BCUT2D eigenvalue weighted by atomic mass is 16.2. The summed E-state index contributed by atoms with van der Waals surface area (Å²) in [4.78, 5) is 32.1. The van der Waals surface area contributed by atoms with Crippen LogP contribution in [0.4, 0.5) is 4.79 Å². The summed E-state index contributed by atoms with van der Waals surface area (Å²) in [5, 5.41) is 4.57. The minimum Gasteiger partial charge on any atom is -0.270 e. The number of amidine groups is 1. The molecule has 1 saturated heterocycles. The molecule has 8 nitrogen and oxygen atoms in total. The lowest BCUT2D eigenvalue weighted by atomic mass is 10.1. The summed E-state index contributed by atoms with van der Waals surface area (Å²) in [6.45, 7) is 8.66. The van der Waals surface area contributed by atoms with Gasteiger partial charge in [-0.1, -0.05) is 11.9 Å². The third kappa shape index (κ3) is 2.09. The number of aliphatic imine (C=N–C) groups is 1. The molecule has 0 aromatic carbocycles. The number of urea groups is 1. The average Bonchev–Trinajstić information content (AvgIpc) is 3.04. The van der Waals surface area contributed by atoms with E-state index < -0.39 is 6.04 Å². The van der Waals surface area contributed by atoms with Gasteiger partial charge < -0.3 is 0 Å². The van der Waals surface area contributed by atoms with Gasteiger partial charge in [0, 0.05) is 19.7 Å². The molecule has 1 atom stereocenters. The molecule has 0 saturated carbocycles. The minimum absolute atomic E-state index is 0.251. The first kappa shape index (κ1) is 16.4. The summed E-state index contributed by atoms with van der Waals surface area (Å²) in [5.74, 6) is 0.823. The number of hydrogen-bond acceptors (Lipinski definition) is 4. The van der Waals surface area contributed by atoms with Crippen LogP contribution >= 0.6 is 0 Å². The number of rotatable bonds is 2. The van der Waals surface area contributed by atoms with E-state index in [0.717, 1.165) is 28.3 Å². The second kappa shape index (κ2) is 5.54. The Morgan fingerprint density at radius 3 is 2.33 bits per heavy atom. The maximum absolute atomic E-state index is 12.7. The van der Waals surface area contributed by atoms with E-state index in [9.17, 15) is 9.59 Å². The normalized spacial score (nSPS) is 20.9. The minimum atomic E-state index is -0.572. The number of nitrogens with zero attached hydrogens (tertiary/aromatic N) is 6. The van der Waals surface area contributed by atoms with Crippen LogP contribution in [0.1, 0.15) is 30.3 Å². The molecule has 3 rings (SSSR count). The fourth-order valence-corrected chi connectivity index (χ4v) is 3.14. The van der Waals surface area contributed by atoms with E-state index in [0.29, 0.717) is 18.3 Å². The first-order valence-corrected chi connectivity index (χ1v) is 8.10. The van der Waals surface area contributed by atoms with E-state index in [1.807, 2.05) is 32.3 Å². The highest BCUT2D eigenvalue weighted by molar-refractivity contribution is 6.22. The van der Waals surface area contributed by atoms with Crippen molar-refractivity contribution in [2.24, 2.45) is 4.99 Å². The van der Waals surface area contributed by atoms with Crippen molar-refractivity contribution in [1.29, 1.82) is 0 Å². The van der Waals surface area contributed by atoms with Gasteiger partial charge in [0.05, 0.1) is 12.2 Å². The maximum atomic E-state index is 12.7. The van der Waals surface area contributed by atoms with Crippen molar-refractivity contribution in [3.63, 3.8) is 0 Å². The van der Waals surface area contributed by atoms with Crippen LogP contribution in [0.5, 0.6) is 0 Å². The number of hydrogen-bond donors (Lipinski definition) is 0. The van der Waals surface area contributed by atoms with Crippen LogP contribution < -0.4 is 0 Å². The average molecular weight is 331 g/mol. The zero-order valence-corrected chi connectivity index (χ0v) is 15.0. The Balaban J connectivity index is 2.20. The Hall–Kier alpha value is -2.51. The lowest BCUT2D eigenvalue weighted by Gasteiger charge is -2.31. The Kier molecular flexibility index (Phi) is 3.77. The summed E-state index contributed by atoms with van der Waals surface area (Å²) >= 11 is 0. The number of likely N-dealkylation sites (N-methyl/N-ethyl adjacent to an activating group) is 2. The molecule has 1 aromatic heterocycles. The second-order valence-electron chi connectivity index (χ2n) is 6.31. The van der Waals surface area contributed by atoms with Crippen LogP contribution in [0.3, 0.4) is 0 Å². The van der Waals surface area contributed by atoms with Crippen LogP contribution in [0.15, 0.2) is 4.99 Å². The number of imide groups is 1. The first-order chi connectivity index (χ1) is 11.3. The molecule has 24 heavy (non-hydrogen) atoms. The predicted octanol–water partition coefficient (Wildman–Crippen LogP) is 0.739. The van der Waals surface area contributed by atoms with Gasteiger partial charge >= 0.3 is 12.0 Å². The molecule has 0 spiro atoms. The molecule has 0 aliphatic carbocycles.